The number of ether oxygens (including phenoxy) is 8. The highest BCUT2D eigenvalue weighted by Crippen LogP contribution is 2.38. The Labute approximate surface area is 397 Å². The molecule has 0 bridgehead atoms. The van der Waals surface area contributed by atoms with Crippen LogP contribution in [0.3, 0.4) is 0 Å². The maximum atomic E-state index is 12.1. The van der Waals surface area contributed by atoms with E-state index in [2.05, 4.69) is 12.5 Å². The first-order valence-corrected chi connectivity index (χ1v) is 27.6. The van der Waals surface area contributed by atoms with E-state index in [1.807, 2.05) is 6.92 Å². The van der Waals surface area contributed by atoms with Crippen LogP contribution in [0.2, 0.25) is 0 Å². The molecule has 4 aliphatic heterocycles. The molecular formula is C32H58O32S5. The molecule has 408 valence electrons. The summed E-state index contributed by atoms with van der Waals surface area (Å²) in [5.74, 6) is 0. The van der Waals surface area contributed by atoms with Crippen molar-refractivity contribution in [3.8, 4) is 0 Å². The summed E-state index contributed by atoms with van der Waals surface area (Å²) in [4.78, 5) is 0. The molecule has 4 aliphatic rings. The van der Waals surface area contributed by atoms with Crippen molar-refractivity contribution in [2.45, 2.75) is 196 Å². The number of rotatable bonds is 24. The van der Waals surface area contributed by atoms with Crippen LogP contribution in [0.1, 0.15) is 73.1 Å². The molecule has 9 N–H and O–H groups in total. The molecule has 0 amide bonds. The van der Waals surface area contributed by atoms with Gasteiger partial charge in [-0.05, 0) is 34.1 Å². The molecule has 0 aliphatic carbocycles. The zero-order chi connectivity index (χ0) is 52.2. The third-order valence-electron chi connectivity index (χ3n) is 10.8. The summed E-state index contributed by atoms with van der Waals surface area (Å²) >= 11 is 0. The van der Waals surface area contributed by atoms with Gasteiger partial charge in [0.15, 0.2) is 25.2 Å². The van der Waals surface area contributed by atoms with Crippen molar-refractivity contribution in [2.75, 3.05) is 6.61 Å². The zero-order valence-corrected chi connectivity index (χ0v) is 41.0. The highest BCUT2D eigenvalue weighted by molar-refractivity contribution is 7.81. The van der Waals surface area contributed by atoms with Crippen LogP contribution in [0.25, 0.3) is 0 Å². The van der Waals surface area contributed by atoms with Gasteiger partial charge in [0.2, 0.25) is 0 Å². The third-order valence-corrected chi connectivity index (χ3v) is 13.1. The lowest BCUT2D eigenvalue weighted by Gasteiger charge is -2.49. The Morgan fingerprint density at radius 2 is 0.623 bits per heavy atom. The first-order valence-electron chi connectivity index (χ1n) is 20.8. The molecule has 4 rings (SSSR count). The van der Waals surface area contributed by atoms with Gasteiger partial charge in [-0.2, -0.15) is 42.1 Å². The number of unbranched alkanes of at least 4 members (excludes halogenated alkanes) is 5. The summed E-state index contributed by atoms with van der Waals surface area (Å²) in [6.07, 6.45) is -36.9. The highest BCUT2D eigenvalue weighted by atomic mass is 32.3. The molecule has 0 saturated carbocycles. The Bertz CT molecular complexity index is 2220. The lowest BCUT2D eigenvalue weighted by molar-refractivity contribution is -0.379. The summed E-state index contributed by atoms with van der Waals surface area (Å²) in [7, 11) is -27.6. The molecule has 69 heavy (non-hydrogen) atoms. The van der Waals surface area contributed by atoms with Crippen molar-refractivity contribution in [1.29, 1.82) is 0 Å². The number of aliphatic hydroxyl groups is 4. The Morgan fingerprint density at radius 3 is 1.00 bits per heavy atom. The minimum atomic E-state index is -5.67. The molecular weight excluding hydrogens is 1060 g/mol. The van der Waals surface area contributed by atoms with Gasteiger partial charge in [0, 0.05) is 6.61 Å². The van der Waals surface area contributed by atoms with E-state index in [-0.39, 0.29) is 6.61 Å². The summed E-state index contributed by atoms with van der Waals surface area (Å²) in [6.45, 7) is 6.41. The summed E-state index contributed by atoms with van der Waals surface area (Å²) in [5.41, 5.74) is 0. The Hall–Kier alpha value is -1.13. The Morgan fingerprint density at radius 1 is 0.362 bits per heavy atom. The van der Waals surface area contributed by atoms with Crippen LogP contribution in [-0.2, 0) is 111 Å². The molecule has 0 aromatic carbocycles. The Kier molecular flexibility index (Phi) is 21.4. The number of aliphatic hydroxyl groups excluding tert-OH is 4. The van der Waals surface area contributed by atoms with Gasteiger partial charge in [-0.25, -0.2) is 20.9 Å². The van der Waals surface area contributed by atoms with Crippen LogP contribution >= 0.6 is 0 Å². The molecule has 32 nitrogen and oxygen atoms in total. The third kappa shape index (κ3) is 18.0. The second-order valence-corrected chi connectivity index (χ2v) is 21.4. The summed E-state index contributed by atoms with van der Waals surface area (Å²) in [5, 5.41) is 45.3. The van der Waals surface area contributed by atoms with Gasteiger partial charge < -0.3 is 58.3 Å². The van der Waals surface area contributed by atoms with E-state index in [0.717, 1.165) is 52.9 Å². The number of hydrogen-bond donors (Lipinski definition) is 9. The Balaban J connectivity index is 1.62. The van der Waals surface area contributed by atoms with Crippen LogP contribution in [0.15, 0.2) is 0 Å². The van der Waals surface area contributed by atoms with Gasteiger partial charge >= 0.3 is 52.0 Å². The average Bonchev–Trinajstić information content (AvgIpc) is 3.18. The first kappa shape index (κ1) is 60.4. The monoisotopic (exact) mass is 1110 g/mol. The normalized spacial score (nSPS) is 39.9. The molecule has 0 radical (unpaired) electrons. The van der Waals surface area contributed by atoms with E-state index in [9.17, 15) is 85.3 Å². The summed E-state index contributed by atoms with van der Waals surface area (Å²) < 4.78 is 234. The molecule has 0 spiro atoms. The van der Waals surface area contributed by atoms with Crippen LogP contribution in [0, 0.1) is 0 Å². The quantitative estimate of drug-likeness (QED) is 0.0341. The average molecular weight is 1120 g/mol. The van der Waals surface area contributed by atoms with Crippen molar-refractivity contribution in [3.05, 3.63) is 0 Å². The number of hydrogen-bond acceptors (Lipinski definition) is 27. The lowest BCUT2D eigenvalue weighted by atomic mass is 9.96. The van der Waals surface area contributed by atoms with Crippen molar-refractivity contribution >= 4 is 52.0 Å². The lowest BCUT2D eigenvalue weighted by Crippen LogP contribution is -2.67. The van der Waals surface area contributed by atoms with Gasteiger partial charge in [0.05, 0.1) is 24.4 Å². The molecule has 0 aromatic heterocycles. The zero-order valence-electron chi connectivity index (χ0n) is 37.0. The van der Waals surface area contributed by atoms with Crippen molar-refractivity contribution in [1.82, 2.24) is 0 Å². The van der Waals surface area contributed by atoms with Crippen molar-refractivity contribution in [3.63, 3.8) is 0 Å². The summed E-state index contributed by atoms with van der Waals surface area (Å²) in [6, 6.07) is 0. The van der Waals surface area contributed by atoms with Gasteiger partial charge in [-0.1, -0.05) is 39.0 Å². The standard InChI is InChI=1S/C32H58O32S5/c1-6-7-8-9-10-11-12-52-29-18(34)26(62-67(43,44)45)21(13(2)53-29)57-30-17(33)25(23(15(4)55-30)60-65(37,38)39)59-32-19(35)27(63-68(46,47)48)22(14(3)54-32)58-31-20(36)28(64-69(49,50)51)24(16(5)56-31)61-66(40,41)42/h13-36H,6-12H2,1-5H3,(H,37,38,39)(H,40,41,42)(H,43,44,45)(H,46,47,48)(H,49,50,51)/t13-,14-,15-,16-,17-,18-,19-,20-,21+,22+,23+,24+,25-,26-,27-,28-,29-,30-,31-,32-/m0/s1. The topological polar surface area (TPSA) is 473 Å². The maximum Gasteiger partial charge on any atom is 0.397 e. The van der Waals surface area contributed by atoms with E-state index in [0.29, 0.717) is 6.42 Å². The second kappa shape index (κ2) is 24.5. The fraction of sp³-hybridized carbons (Fsp3) is 1.00. The van der Waals surface area contributed by atoms with Crippen LogP contribution < -0.4 is 0 Å². The van der Waals surface area contributed by atoms with Crippen LogP contribution in [0.4, 0.5) is 0 Å². The smallest absolute Gasteiger partial charge is 0.385 e. The van der Waals surface area contributed by atoms with Crippen LogP contribution in [0.5, 0.6) is 0 Å². The van der Waals surface area contributed by atoms with Gasteiger partial charge in [-0.15, -0.1) is 0 Å². The largest absolute Gasteiger partial charge is 0.397 e. The molecule has 4 heterocycles. The van der Waals surface area contributed by atoms with Crippen molar-refractivity contribution in [2.24, 2.45) is 0 Å². The van der Waals surface area contributed by atoms with E-state index < -0.39 is 175 Å². The van der Waals surface area contributed by atoms with Gasteiger partial charge in [0.1, 0.15) is 73.2 Å². The van der Waals surface area contributed by atoms with E-state index in [1.165, 1.54) is 6.92 Å². The minimum absolute atomic E-state index is 0.0368. The minimum Gasteiger partial charge on any atom is -0.385 e. The predicted molar refractivity (Wildman–Crippen MR) is 217 cm³/mol. The molecule has 0 aromatic rings. The van der Waals surface area contributed by atoms with Crippen molar-refractivity contribution < 1.29 is 144 Å². The van der Waals surface area contributed by atoms with E-state index in [1.54, 1.807) is 0 Å². The fourth-order valence-electron chi connectivity index (χ4n) is 7.80. The molecule has 0 unspecified atom stereocenters. The molecule has 20 atom stereocenters. The molecule has 4 fully saturated rings. The maximum absolute atomic E-state index is 12.1. The first-order chi connectivity index (χ1) is 31.6. The van der Waals surface area contributed by atoms with E-state index >= 15 is 0 Å². The predicted octanol–water partition coefficient (Wildman–Crippen LogP) is -3.12. The molecule has 4 saturated heterocycles. The fourth-order valence-corrected chi connectivity index (χ4v) is 10.4. The van der Waals surface area contributed by atoms with Gasteiger partial charge in [0.25, 0.3) is 0 Å². The van der Waals surface area contributed by atoms with Crippen LogP contribution in [-0.4, -0.2) is 215 Å². The second-order valence-electron chi connectivity index (χ2n) is 16.2. The van der Waals surface area contributed by atoms with E-state index in [4.69, 9.17) is 46.3 Å². The molecule has 37 heteroatoms. The SMILES string of the molecule is CCCCCCCCO[C@H]1O[C@@H](C)[C@@H](O[C@@H]2O[C@@H](C)[C@@H](OS(=O)(=O)O)[C@@H](O[C@@H]3O[C@@H](C)[C@@H](O[C@@H]4O[C@@H](C)[C@@H](OS(=O)(=O)O)[C@@H](OS(=O)(=O)O)[C@@H]4O)[C@@H](OS(=O)(=O)O)[C@@H]3O)[C@@H]2O)[C@@H](OS(=O)(=O)O)[C@@H]1O. The van der Waals surface area contributed by atoms with Gasteiger partial charge in [-0.3, -0.25) is 22.8 Å². The highest BCUT2D eigenvalue weighted by Gasteiger charge is 2.58.